The molecule has 0 saturated heterocycles. The van der Waals surface area contributed by atoms with Gasteiger partial charge in [-0.1, -0.05) is 24.3 Å². The molecule has 0 bridgehead atoms. The van der Waals surface area contributed by atoms with Gasteiger partial charge in [-0.2, -0.15) is 22.0 Å². The highest BCUT2D eigenvalue weighted by Crippen LogP contribution is 2.40. The van der Waals surface area contributed by atoms with Crippen LogP contribution in [0.4, 0.5) is 26.3 Å². The molecule has 0 fully saturated rings. The second kappa shape index (κ2) is 9.56. The van der Waals surface area contributed by atoms with Gasteiger partial charge in [-0.3, -0.25) is 9.78 Å². The number of hydrogen-bond donors (Lipinski definition) is 1. The van der Waals surface area contributed by atoms with Crippen molar-refractivity contribution < 1.29 is 40.7 Å². The van der Waals surface area contributed by atoms with Gasteiger partial charge in [0.1, 0.15) is 17.6 Å². The number of halogens is 6. The van der Waals surface area contributed by atoms with Crippen molar-refractivity contribution in [1.82, 2.24) is 20.1 Å². The predicted octanol–water partition coefficient (Wildman–Crippen LogP) is 5.66. The molecule has 2 atom stereocenters. The van der Waals surface area contributed by atoms with Gasteiger partial charge in [-0.15, -0.1) is 10.2 Å². The minimum Gasteiger partial charge on any atom is -0.415 e. The summed E-state index contributed by atoms with van der Waals surface area (Å²) in [6, 6.07) is 10.0. The van der Waals surface area contributed by atoms with Crippen LogP contribution in [0.3, 0.4) is 0 Å². The van der Waals surface area contributed by atoms with Gasteiger partial charge in [0.2, 0.25) is 5.89 Å². The first-order valence-electron chi connectivity index (χ1n) is 11.1. The van der Waals surface area contributed by atoms with Gasteiger partial charge in [0.05, 0.1) is 6.04 Å². The van der Waals surface area contributed by atoms with Crippen LogP contribution in [0.25, 0.3) is 11.5 Å². The summed E-state index contributed by atoms with van der Waals surface area (Å²) in [6.07, 6.45) is -8.32. The summed E-state index contributed by atoms with van der Waals surface area (Å²) in [5, 5.41) is 18.1. The molecule has 0 radical (unpaired) electrons. The predicted molar refractivity (Wildman–Crippen MR) is 118 cm³/mol. The number of rotatable bonds is 6. The van der Waals surface area contributed by atoms with Gasteiger partial charge >= 0.3 is 12.6 Å². The number of aliphatic hydroxyl groups is 1. The number of aliphatic hydroxyl groups excluding tert-OH is 1. The van der Waals surface area contributed by atoms with Crippen molar-refractivity contribution >= 4 is 5.91 Å². The largest absolute Gasteiger partial charge is 0.433 e. The van der Waals surface area contributed by atoms with Crippen molar-refractivity contribution in [2.24, 2.45) is 0 Å². The number of hydrogen-bond acceptors (Lipinski definition) is 6. The van der Waals surface area contributed by atoms with E-state index >= 15 is 0 Å². The Labute approximate surface area is 210 Å². The fourth-order valence-corrected chi connectivity index (χ4v) is 4.24. The molecule has 0 spiro atoms. The van der Waals surface area contributed by atoms with Gasteiger partial charge in [0.25, 0.3) is 11.8 Å². The normalized spacial score (nSPS) is 15.2. The molecule has 1 aliphatic rings. The highest BCUT2D eigenvalue weighted by molar-refractivity contribution is 5.99. The minimum atomic E-state index is -4.68. The monoisotopic (exact) mass is 534 g/mol. The van der Waals surface area contributed by atoms with Crippen LogP contribution < -0.4 is 0 Å². The Hall–Kier alpha value is -4.26. The van der Waals surface area contributed by atoms with E-state index in [2.05, 4.69) is 15.2 Å². The van der Waals surface area contributed by atoms with E-state index in [0.717, 1.165) is 24.4 Å². The van der Waals surface area contributed by atoms with Gasteiger partial charge in [-0.25, -0.2) is 4.39 Å². The number of aromatic nitrogens is 3. The SMILES string of the molecule is O=C1c2cc(-c3nnc(C(F)F)o3)ccc2CN1C(c1ccc(F)cc1)[C@H](O)c1ccc(C(F)(F)F)nc1. The van der Waals surface area contributed by atoms with Crippen LogP contribution in [0, 0.1) is 5.82 Å². The van der Waals surface area contributed by atoms with Crippen LogP contribution >= 0.6 is 0 Å². The van der Waals surface area contributed by atoms with E-state index < -0.39 is 48.1 Å². The Morgan fingerprint density at radius 2 is 1.68 bits per heavy atom. The summed E-state index contributed by atoms with van der Waals surface area (Å²) in [4.78, 5) is 18.1. The van der Waals surface area contributed by atoms with E-state index in [9.17, 15) is 36.2 Å². The first-order chi connectivity index (χ1) is 18.0. The van der Waals surface area contributed by atoms with E-state index in [1.165, 1.54) is 29.2 Å². The summed E-state index contributed by atoms with van der Waals surface area (Å²) in [5.74, 6) is -2.23. The van der Waals surface area contributed by atoms with Crippen molar-refractivity contribution in [1.29, 1.82) is 0 Å². The summed E-state index contributed by atoms with van der Waals surface area (Å²) in [7, 11) is 0. The fourth-order valence-electron chi connectivity index (χ4n) is 4.24. The van der Waals surface area contributed by atoms with Crippen molar-refractivity contribution in [3.05, 3.63) is 100 Å². The number of carbonyl (C=O) groups is 1. The molecule has 196 valence electrons. The van der Waals surface area contributed by atoms with Crippen LogP contribution in [-0.4, -0.2) is 31.1 Å². The standard InChI is InChI=1S/C25H16F6N4O3/c26-16-6-3-12(4-7-16)19(20(36)14-5-8-18(32-10-14)25(29,30)31)35-11-15-2-1-13(9-17(15)24(35)37)22-33-34-23(38-22)21(27)28/h1-10,19-21,36H,11H2/t19?,20-/m1/s1. The maximum absolute atomic E-state index is 13.6. The van der Waals surface area contributed by atoms with Gasteiger partial charge < -0.3 is 14.4 Å². The molecule has 7 nitrogen and oxygen atoms in total. The van der Waals surface area contributed by atoms with E-state index in [1.807, 2.05) is 0 Å². The number of carbonyl (C=O) groups excluding carboxylic acids is 1. The molecule has 1 amide bonds. The van der Waals surface area contributed by atoms with Crippen molar-refractivity contribution in [3.63, 3.8) is 0 Å². The summed E-state index contributed by atoms with van der Waals surface area (Å²) < 4.78 is 83.1. The molecular weight excluding hydrogens is 518 g/mol. The number of pyridine rings is 1. The third-order valence-electron chi connectivity index (χ3n) is 6.08. The zero-order chi connectivity index (χ0) is 27.2. The third-order valence-corrected chi connectivity index (χ3v) is 6.08. The highest BCUT2D eigenvalue weighted by Gasteiger charge is 2.39. The van der Waals surface area contributed by atoms with Crippen LogP contribution in [0.15, 0.2) is 65.2 Å². The second-order valence-corrected chi connectivity index (χ2v) is 8.47. The number of benzene rings is 2. The smallest absolute Gasteiger partial charge is 0.415 e. The number of amides is 1. The molecule has 4 aromatic rings. The molecule has 1 N–H and O–H groups in total. The summed E-state index contributed by atoms with van der Waals surface area (Å²) in [5.41, 5.74) is 0.0753. The fraction of sp³-hybridized carbons (Fsp3) is 0.200. The maximum atomic E-state index is 13.6. The van der Waals surface area contributed by atoms with E-state index in [1.54, 1.807) is 6.07 Å². The molecule has 13 heteroatoms. The topological polar surface area (TPSA) is 92.4 Å². The van der Waals surface area contributed by atoms with Crippen LogP contribution in [0.5, 0.6) is 0 Å². The Balaban J connectivity index is 1.50. The molecule has 1 unspecified atom stereocenters. The van der Waals surface area contributed by atoms with E-state index in [-0.39, 0.29) is 29.1 Å². The van der Waals surface area contributed by atoms with Gasteiger partial charge in [-0.05, 0) is 41.5 Å². The first kappa shape index (κ1) is 25.4. The first-order valence-corrected chi connectivity index (χ1v) is 11.1. The molecule has 0 aliphatic carbocycles. The van der Waals surface area contributed by atoms with Gasteiger partial charge in [0, 0.05) is 29.4 Å². The molecule has 2 aromatic carbocycles. The second-order valence-electron chi connectivity index (χ2n) is 8.47. The molecule has 2 aromatic heterocycles. The van der Waals surface area contributed by atoms with E-state index in [4.69, 9.17) is 4.42 Å². The Bertz CT molecular complexity index is 1470. The zero-order valence-corrected chi connectivity index (χ0v) is 19.0. The van der Waals surface area contributed by atoms with Crippen molar-refractivity contribution in [3.8, 4) is 11.5 Å². The zero-order valence-electron chi connectivity index (χ0n) is 19.0. The van der Waals surface area contributed by atoms with Crippen molar-refractivity contribution in [2.45, 2.75) is 31.3 Å². The summed E-state index contributed by atoms with van der Waals surface area (Å²) >= 11 is 0. The average molecular weight is 534 g/mol. The lowest BCUT2D eigenvalue weighted by atomic mass is 9.95. The number of alkyl halides is 5. The molecular formula is C25H16F6N4O3. The van der Waals surface area contributed by atoms with Crippen LogP contribution in [0.1, 0.15) is 57.2 Å². The molecule has 3 heterocycles. The quantitative estimate of drug-likeness (QED) is 0.321. The van der Waals surface area contributed by atoms with E-state index in [0.29, 0.717) is 17.2 Å². The lowest BCUT2D eigenvalue weighted by molar-refractivity contribution is -0.141. The lowest BCUT2D eigenvalue weighted by Crippen LogP contribution is -2.33. The molecule has 38 heavy (non-hydrogen) atoms. The Kier molecular flexibility index (Phi) is 6.39. The summed E-state index contributed by atoms with van der Waals surface area (Å²) in [6.45, 7) is -0.00622. The van der Waals surface area contributed by atoms with Gasteiger partial charge in [0.15, 0.2) is 0 Å². The third kappa shape index (κ3) is 4.72. The maximum Gasteiger partial charge on any atom is 0.433 e. The Morgan fingerprint density at radius 1 is 0.974 bits per heavy atom. The highest BCUT2D eigenvalue weighted by atomic mass is 19.4. The molecule has 0 saturated carbocycles. The number of fused-ring (bicyclic) bond motifs is 1. The van der Waals surface area contributed by atoms with Crippen molar-refractivity contribution in [2.75, 3.05) is 0 Å². The minimum absolute atomic E-state index is 0.00200. The lowest BCUT2D eigenvalue weighted by Gasteiger charge is -2.32. The average Bonchev–Trinajstić information content (AvgIpc) is 3.50. The molecule has 1 aliphatic heterocycles. The Morgan fingerprint density at radius 3 is 2.29 bits per heavy atom. The number of nitrogens with zero attached hydrogens (tertiary/aromatic N) is 4. The van der Waals surface area contributed by atoms with Crippen LogP contribution in [0.2, 0.25) is 0 Å². The molecule has 5 rings (SSSR count). The van der Waals surface area contributed by atoms with Crippen LogP contribution in [-0.2, 0) is 12.7 Å².